The van der Waals surface area contributed by atoms with E-state index >= 15 is 0 Å². The predicted molar refractivity (Wildman–Crippen MR) is 110 cm³/mol. The first-order valence-electron chi connectivity index (χ1n) is 9.05. The second kappa shape index (κ2) is 8.39. The van der Waals surface area contributed by atoms with Crippen LogP contribution in [-0.2, 0) is 20.8 Å². The molecule has 0 spiro atoms. The molecule has 2 aromatic rings. The summed E-state index contributed by atoms with van der Waals surface area (Å²) in [5.74, 6) is -1.33. The van der Waals surface area contributed by atoms with Crippen LogP contribution in [0.15, 0.2) is 47.5 Å². The first kappa shape index (κ1) is 22.3. The summed E-state index contributed by atoms with van der Waals surface area (Å²) in [5, 5.41) is 0.219. The van der Waals surface area contributed by atoms with Crippen molar-refractivity contribution >= 4 is 38.7 Å². The van der Waals surface area contributed by atoms with Gasteiger partial charge in [-0.2, -0.15) is 13.2 Å². The van der Waals surface area contributed by atoms with E-state index < -0.39 is 39.9 Å². The Morgan fingerprint density at radius 3 is 2.50 bits per heavy atom. The maximum absolute atomic E-state index is 13.6. The number of alkyl halides is 3. The highest BCUT2D eigenvalue weighted by Crippen LogP contribution is 2.36. The van der Waals surface area contributed by atoms with Crippen molar-refractivity contribution in [1.29, 1.82) is 0 Å². The van der Waals surface area contributed by atoms with Crippen LogP contribution in [0.1, 0.15) is 30.0 Å². The van der Waals surface area contributed by atoms with Crippen LogP contribution in [0.2, 0.25) is 5.02 Å². The van der Waals surface area contributed by atoms with E-state index in [1.54, 1.807) is 6.92 Å². The topological polar surface area (TPSA) is 66.8 Å². The molecule has 1 aliphatic rings. The molecule has 5 nitrogen and oxygen atoms in total. The van der Waals surface area contributed by atoms with Crippen molar-refractivity contribution in [2.24, 2.45) is 4.99 Å². The van der Waals surface area contributed by atoms with Gasteiger partial charge < -0.3 is 0 Å². The third-order valence-electron chi connectivity index (χ3n) is 4.51. The van der Waals surface area contributed by atoms with E-state index in [-0.39, 0.29) is 33.3 Å². The zero-order chi connectivity index (χ0) is 22.1. The molecule has 0 saturated heterocycles. The number of nitrogens with zero attached hydrogens (tertiary/aromatic N) is 2. The van der Waals surface area contributed by atoms with E-state index in [2.05, 4.69) is 4.99 Å². The number of benzodiazepines with no additional fused rings is 1. The molecule has 0 radical (unpaired) electrons. The average Bonchev–Trinajstić information content (AvgIpc) is 2.78. The van der Waals surface area contributed by atoms with Gasteiger partial charge in [-0.15, -0.1) is 0 Å². The minimum atomic E-state index is -4.64. The lowest BCUT2D eigenvalue weighted by Gasteiger charge is -2.23. The van der Waals surface area contributed by atoms with Crippen LogP contribution in [-0.4, -0.2) is 38.2 Å². The minimum Gasteiger partial charge on any atom is -0.295 e. The lowest BCUT2D eigenvalue weighted by molar-refractivity contribution is -0.137. The molecule has 0 bridgehead atoms. The number of rotatable bonds is 5. The van der Waals surface area contributed by atoms with Crippen molar-refractivity contribution in [3.63, 3.8) is 0 Å². The number of carbonyl (C=O) groups excluding carboxylic acids is 1. The van der Waals surface area contributed by atoms with Gasteiger partial charge in [-0.3, -0.25) is 14.7 Å². The molecule has 1 amide bonds. The summed E-state index contributed by atoms with van der Waals surface area (Å²) in [7, 11) is -3.61. The molecule has 3 rings (SSSR count). The van der Waals surface area contributed by atoms with Crippen LogP contribution in [0.3, 0.4) is 0 Å². The fraction of sp³-hybridized carbons (Fsp3) is 0.300. The molecule has 0 N–H and O–H groups in total. The van der Waals surface area contributed by atoms with E-state index in [1.807, 2.05) is 0 Å². The SMILES string of the molecule is CCCS(=O)(=O)CN1C(=O)CN=C(c2ccccc2C(F)(F)F)c2cc(Cl)ccc21. The molecule has 10 heteroatoms. The Labute approximate surface area is 177 Å². The van der Waals surface area contributed by atoms with Gasteiger partial charge in [-0.05, 0) is 30.7 Å². The number of anilines is 1. The minimum absolute atomic E-state index is 0.0656. The molecular weight excluding hydrogens is 441 g/mol. The molecule has 2 aromatic carbocycles. The average molecular weight is 459 g/mol. The molecule has 0 aliphatic carbocycles. The van der Waals surface area contributed by atoms with E-state index in [0.29, 0.717) is 6.42 Å². The molecule has 30 heavy (non-hydrogen) atoms. The summed E-state index contributed by atoms with van der Waals surface area (Å²) in [6, 6.07) is 9.16. The first-order valence-corrected chi connectivity index (χ1v) is 11.2. The van der Waals surface area contributed by atoms with Crippen LogP contribution >= 0.6 is 11.6 Å². The molecule has 160 valence electrons. The molecular formula is C20H18ClF3N2O3S. The zero-order valence-corrected chi connectivity index (χ0v) is 17.5. The van der Waals surface area contributed by atoms with Crippen molar-refractivity contribution < 1.29 is 26.4 Å². The van der Waals surface area contributed by atoms with Gasteiger partial charge in [0.2, 0.25) is 5.91 Å². The third kappa shape index (κ3) is 4.67. The van der Waals surface area contributed by atoms with Crippen molar-refractivity contribution in [2.75, 3.05) is 23.1 Å². The fourth-order valence-corrected chi connectivity index (χ4v) is 4.87. The highest BCUT2D eigenvalue weighted by atomic mass is 35.5. The molecule has 0 saturated carbocycles. The van der Waals surface area contributed by atoms with Gasteiger partial charge in [-0.1, -0.05) is 36.7 Å². The van der Waals surface area contributed by atoms with Crippen molar-refractivity contribution in [3.05, 3.63) is 64.2 Å². The number of fused-ring (bicyclic) bond motifs is 1. The fourth-order valence-electron chi connectivity index (χ4n) is 3.27. The maximum Gasteiger partial charge on any atom is 0.417 e. The number of aliphatic imine (C=N–C) groups is 1. The second-order valence-electron chi connectivity index (χ2n) is 6.77. The Bertz CT molecular complexity index is 1110. The maximum atomic E-state index is 13.6. The largest absolute Gasteiger partial charge is 0.417 e. The van der Waals surface area contributed by atoms with Gasteiger partial charge >= 0.3 is 6.18 Å². The number of halogens is 4. The van der Waals surface area contributed by atoms with Crippen LogP contribution in [0.5, 0.6) is 0 Å². The molecule has 1 aliphatic heterocycles. The van der Waals surface area contributed by atoms with Crippen LogP contribution in [0.4, 0.5) is 18.9 Å². The van der Waals surface area contributed by atoms with E-state index in [0.717, 1.165) is 11.0 Å². The van der Waals surface area contributed by atoms with Gasteiger partial charge in [0.15, 0.2) is 9.84 Å². The number of amides is 1. The highest BCUT2D eigenvalue weighted by molar-refractivity contribution is 7.91. The number of sulfone groups is 1. The summed E-state index contributed by atoms with van der Waals surface area (Å²) in [5.41, 5.74) is -0.869. The van der Waals surface area contributed by atoms with Crippen LogP contribution in [0.25, 0.3) is 0 Å². The zero-order valence-electron chi connectivity index (χ0n) is 15.9. The molecule has 1 heterocycles. The van der Waals surface area contributed by atoms with E-state index in [1.165, 1.54) is 36.4 Å². The quantitative estimate of drug-likeness (QED) is 0.670. The Balaban J connectivity index is 2.20. The Morgan fingerprint density at radius 2 is 1.83 bits per heavy atom. The van der Waals surface area contributed by atoms with Crippen molar-refractivity contribution in [2.45, 2.75) is 19.5 Å². The number of hydrogen-bond donors (Lipinski definition) is 0. The molecule has 0 aromatic heterocycles. The number of carbonyl (C=O) groups is 1. The van der Waals surface area contributed by atoms with Crippen molar-refractivity contribution in [3.8, 4) is 0 Å². The van der Waals surface area contributed by atoms with Gasteiger partial charge in [0, 0.05) is 16.1 Å². The summed E-state index contributed by atoms with van der Waals surface area (Å²) in [6.45, 7) is 1.21. The molecule has 0 fully saturated rings. The Hall–Kier alpha value is -2.39. The lowest BCUT2D eigenvalue weighted by atomic mass is 9.96. The molecule has 0 unspecified atom stereocenters. The van der Waals surface area contributed by atoms with Crippen LogP contribution < -0.4 is 4.90 Å². The Kier molecular flexibility index (Phi) is 6.24. The van der Waals surface area contributed by atoms with E-state index in [9.17, 15) is 26.4 Å². The monoisotopic (exact) mass is 458 g/mol. The summed E-state index contributed by atoms with van der Waals surface area (Å²) >= 11 is 6.08. The van der Waals surface area contributed by atoms with Crippen LogP contribution in [0, 0.1) is 0 Å². The Morgan fingerprint density at radius 1 is 1.13 bits per heavy atom. The third-order valence-corrected chi connectivity index (χ3v) is 6.42. The van der Waals surface area contributed by atoms with Gasteiger partial charge in [0.25, 0.3) is 0 Å². The lowest BCUT2D eigenvalue weighted by Crippen LogP contribution is -2.37. The van der Waals surface area contributed by atoms with Crippen molar-refractivity contribution in [1.82, 2.24) is 0 Å². The summed E-state index contributed by atoms with van der Waals surface area (Å²) in [6.07, 6.45) is -4.27. The number of hydrogen-bond acceptors (Lipinski definition) is 4. The normalized spacial score (nSPS) is 14.9. The summed E-state index contributed by atoms with van der Waals surface area (Å²) in [4.78, 5) is 17.9. The number of benzene rings is 2. The predicted octanol–water partition coefficient (Wildman–Crippen LogP) is 4.33. The van der Waals surface area contributed by atoms with Gasteiger partial charge in [0.05, 0.1) is 22.7 Å². The first-order chi connectivity index (χ1) is 14.0. The standard InChI is InChI=1S/C20H18ClF3N2O3S/c1-2-9-30(28,29)12-26-17-8-7-13(21)10-15(17)19(25-11-18(26)27)14-5-3-4-6-16(14)20(22,23)24/h3-8,10H,2,9,11-12H2,1H3. The van der Waals surface area contributed by atoms with E-state index in [4.69, 9.17) is 11.6 Å². The molecule has 0 atom stereocenters. The van der Waals surface area contributed by atoms with Gasteiger partial charge in [0.1, 0.15) is 12.4 Å². The van der Waals surface area contributed by atoms with Gasteiger partial charge in [-0.25, -0.2) is 8.42 Å². The smallest absolute Gasteiger partial charge is 0.295 e. The second-order valence-corrected chi connectivity index (χ2v) is 9.36. The highest BCUT2D eigenvalue weighted by Gasteiger charge is 2.36. The summed E-state index contributed by atoms with van der Waals surface area (Å²) < 4.78 is 65.5.